The Morgan fingerprint density at radius 3 is 2.57 bits per heavy atom. The van der Waals surface area contributed by atoms with E-state index in [1.165, 1.54) is 14.0 Å². The molecule has 1 aromatic rings. The molecule has 1 atom stereocenters. The minimum absolute atomic E-state index is 0.119. The molecule has 0 bridgehead atoms. The molecule has 0 unspecified atom stereocenters. The van der Waals surface area contributed by atoms with Crippen LogP contribution in [-0.2, 0) is 20.9 Å². The van der Waals surface area contributed by atoms with E-state index >= 15 is 0 Å². The molecule has 0 heterocycles. The Morgan fingerprint density at radius 2 is 2.05 bits per heavy atom. The number of thiocarbonyl (C=S) groups is 1. The summed E-state index contributed by atoms with van der Waals surface area (Å²) in [7, 11) is 1.47. The van der Waals surface area contributed by atoms with Crippen LogP contribution >= 0.6 is 12.2 Å². The largest absolute Gasteiger partial charge is 0.382 e. The summed E-state index contributed by atoms with van der Waals surface area (Å²) in [6, 6.07) is 6.51. The van der Waals surface area contributed by atoms with E-state index in [4.69, 9.17) is 4.74 Å². The zero-order valence-electron chi connectivity index (χ0n) is 11.9. The number of hydrogen-bond donors (Lipinski definition) is 2. The number of amides is 2. The Hall–Kier alpha value is -2.08. The minimum atomic E-state index is -0.703. The molecule has 0 saturated heterocycles. The predicted octanol–water partition coefficient (Wildman–Crippen LogP) is 1.19. The Labute approximate surface area is 128 Å². The fourth-order valence-electron chi connectivity index (χ4n) is 1.65. The summed E-state index contributed by atoms with van der Waals surface area (Å²) in [6.45, 7) is 1.82. The van der Waals surface area contributed by atoms with Crippen LogP contribution in [0.3, 0.4) is 0 Å². The minimum Gasteiger partial charge on any atom is -0.382 e. The molecule has 112 valence electrons. The van der Waals surface area contributed by atoms with Crippen molar-refractivity contribution in [2.24, 2.45) is 4.99 Å². The molecule has 2 amide bonds. The van der Waals surface area contributed by atoms with Gasteiger partial charge < -0.3 is 15.4 Å². The van der Waals surface area contributed by atoms with Crippen molar-refractivity contribution in [3.8, 4) is 0 Å². The van der Waals surface area contributed by atoms with Crippen molar-refractivity contribution < 1.29 is 14.3 Å². The average molecular weight is 307 g/mol. The van der Waals surface area contributed by atoms with Gasteiger partial charge in [0, 0.05) is 20.6 Å². The third-order valence-electron chi connectivity index (χ3n) is 2.61. The number of hydrogen-bond acceptors (Lipinski definition) is 5. The van der Waals surface area contributed by atoms with E-state index in [0.717, 1.165) is 5.56 Å². The van der Waals surface area contributed by atoms with Gasteiger partial charge in [0.2, 0.25) is 11.8 Å². The summed E-state index contributed by atoms with van der Waals surface area (Å²) in [5, 5.41) is 7.56. The first kappa shape index (κ1) is 17.0. The standard InChI is InChI=1S/C14H17N3O3S/c1-10(18)17-13(8-20-2)14(19)15-7-11-3-5-12(6-4-11)16-9-21/h3-6,13H,7-8H2,1-2H3,(H,15,19)(H,17,18)/t13-/m0/s1. The van der Waals surface area contributed by atoms with Crippen molar-refractivity contribution in [1.82, 2.24) is 10.6 Å². The molecule has 0 aliphatic heterocycles. The van der Waals surface area contributed by atoms with Crippen LogP contribution in [-0.4, -0.2) is 36.7 Å². The number of methoxy groups -OCH3 is 1. The molecular weight excluding hydrogens is 290 g/mol. The van der Waals surface area contributed by atoms with Crippen molar-refractivity contribution in [1.29, 1.82) is 0 Å². The highest BCUT2D eigenvalue weighted by Crippen LogP contribution is 2.11. The van der Waals surface area contributed by atoms with Crippen LogP contribution in [0.5, 0.6) is 0 Å². The first-order valence-electron chi connectivity index (χ1n) is 6.27. The molecule has 0 fully saturated rings. The summed E-state index contributed by atoms with van der Waals surface area (Å²) in [4.78, 5) is 26.8. The van der Waals surface area contributed by atoms with Gasteiger partial charge in [0.1, 0.15) is 6.04 Å². The number of carbonyl (C=O) groups is 2. The van der Waals surface area contributed by atoms with Gasteiger partial charge in [-0.25, -0.2) is 0 Å². The van der Waals surface area contributed by atoms with Gasteiger partial charge in [-0.05, 0) is 29.9 Å². The molecule has 1 rings (SSSR count). The number of ether oxygens (including phenoxy) is 1. The maximum absolute atomic E-state index is 12.0. The van der Waals surface area contributed by atoms with Gasteiger partial charge in [-0.2, -0.15) is 4.99 Å². The molecule has 0 aliphatic rings. The highest BCUT2D eigenvalue weighted by Gasteiger charge is 2.18. The smallest absolute Gasteiger partial charge is 0.245 e. The summed E-state index contributed by atoms with van der Waals surface area (Å²) in [5.41, 5.74) is 1.61. The molecule has 0 saturated carbocycles. The van der Waals surface area contributed by atoms with Crippen LogP contribution in [0.1, 0.15) is 12.5 Å². The number of benzene rings is 1. The quantitative estimate of drug-likeness (QED) is 0.586. The first-order valence-corrected chi connectivity index (χ1v) is 6.68. The van der Waals surface area contributed by atoms with Crippen molar-refractivity contribution in [2.45, 2.75) is 19.5 Å². The lowest BCUT2D eigenvalue weighted by Gasteiger charge is -2.16. The number of aliphatic imine (C=N–C) groups is 1. The van der Waals surface area contributed by atoms with E-state index in [1.54, 1.807) is 12.1 Å². The number of nitrogens with zero attached hydrogens (tertiary/aromatic N) is 1. The molecule has 0 radical (unpaired) electrons. The summed E-state index contributed by atoms with van der Waals surface area (Å²) in [5.74, 6) is -0.581. The molecular formula is C14H17N3O3S. The molecule has 7 heteroatoms. The molecule has 0 aliphatic carbocycles. The van der Waals surface area contributed by atoms with Gasteiger partial charge in [0.15, 0.2) is 0 Å². The normalized spacial score (nSPS) is 11.1. The van der Waals surface area contributed by atoms with Crippen molar-refractivity contribution in [3.05, 3.63) is 29.8 Å². The average Bonchev–Trinajstić information content (AvgIpc) is 2.45. The van der Waals surface area contributed by atoms with Crippen LogP contribution in [0.25, 0.3) is 0 Å². The van der Waals surface area contributed by atoms with Crippen molar-refractivity contribution in [2.75, 3.05) is 13.7 Å². The number of carbonyl (C=O) groups excluding carboxylic acids is 2. The third-order valence-corrected chi connectivity index (χ3v) is 2.70. The van der Waals surface area contributed by atoms with Crippen molar-refractivity contribution >= 4 is 34.9 Å². The Morgan fingerprint density at radius 1 is 1.38 bits per heavy atom. The van der Waals surface area contributed by atoms with Crippen LogP contribution in [0, 0.1) is 0 Å². The first-order chi connectivity index (χ1) is 10.1. The highest BCUT2D eigenvalue weighted by molar-refractivity contribution is 7.78. The Balaban J connectivity index is 2.57. The zero-order valence-corrected chi connectivity index (χ0v) is 12.7. The molecule has 0 spiro atoms. The van der Waals surface area contributed by atoms with E-state index < -0.39 is 6.04 Å². The van der Waals surface area contributed by atoms with Crippen LogP contribution in [0.2, 0.25) is 0 Å². The van der Waals surface area contributed by atoms with E-state index in [1.807, 2.05) is 12.1 Å². The topological polar surface area (TPSA) is 79.8 Å². The number of rotatable bonds is 7. The Bertz CT molecular complexity index is 539. The van der Waals surface area contributed by atoms with Crippen LogP contribution < -0.4 is 10.6 Å². The third kappa shape index (κ3) is 6.27. The number of nitrogens with one attached hydrogen (secondary N) is 2. The fourth-order valence-corrected chi connectivity index (χ4v) is 1.75. The predicted molar refractivity (Wildman–Crippen MR) is 82.5 cm³/mol. The summed E-state index contributed by atoms with van der Waals surface area (Å²) >= 11 is 4.52. The number of isothiocyanates is 1. The second-order valence-electron chi connectivity index (χ2n) is 4.30. The summed E-state index contributed by atoms with van der Waals surface area (Å²) < 4.78 is 4.92. The maximum Gasteiger partial charge on any atom is 0.245 e. The molecule has 1 aromatic carbocycles. The van der Waals surface area contributed by atoms with Gasteiger partial charge >= 0.3 is 0 Å². The Kier molecular flexibility index (Phi) is 7.25. The SMILES string of the molecule is COC[C@H](NC(C)=O)C(=O)NCc1ccc(N=C=S)cc1. The molecule has 0 aromatic heterocycles. The van der Waals surface area contributed by atoms with E-state index in [-0.39, 0.29) is 18.4 Å². The monoisotopic (exact) mass is 307 g/mol. The lowest BCUT2D eigenvalue weighted by atomic mass is 10.2. The molecule has 21 heavy (non-hydrogen) atoms. The van der Waals surface area contributed by atoms with Crippen LogP contribution in [0.15, 0.2) is 29.3 Å². The maximum atomic E-state index is 12.0. The van der Waals surface area contributed by atoms with Gasteiger partial charge in [-0.15, -0.1) is 0 Å². The molecule has 6 nitrogen and oxygen atoms in total. The van der Waals surface area contributed by atoms with Gasteiger partial charge in [0.25, 0.3) is 0 Å². The van der Waals surface area contributed by atoms with E-state index in [2.05, 4.69) is 33.0 Å². The van der Waals surface area contributed by atoms with E-state index in [9.17, 15) is 9.59 Å². The molecule has 2 N–H and O–H groups in total. The van der Waals surface area contributed by atoms with Gasteiger partial charge in [-0.3, -0.25) is 9.59 Å². The fraction of sp³-hybridized carbons (Fsp3) is 0.357. The van der Waals surface area contributed by atoms with E-state index in [0.29, 0.717) is 12.2 Å². The zero-order chi connectivity index (χ0) is 15.7. The lowest BCUT2D eigenvalue weighted by Crippen LogP contribution is -2.48. The highest BCUT2D eigenvalue weighted by atomic mass is 32.1. The summed E-state index contributed by atoms with van der Waals surface area (Å²) in [6.07, 6.45) is 0. The van der Waals surface area contributed by atoms with Gasteiger partial charge in [-0.1, -0.05) is 12.1 Å². The van der Waals surface area contributed by atoms with Crippen LogP contribution in [0.4, 0.5) is 5.69 Å². The van der Waals surface area contributed by atoms with Crippen molar-refractivity contribution in [3.63, 3.8) is 0 Å². The second-order valence-corrected chi connectivity index (χ2v) is 4.48. The van der Waals surface area contributed by atoms with Gasteiger partial charge in [0.05, 0.1) is 17.5 Å². The lowest BCUT2D eigenvalue weighted by molar-refractivity contribution is -0.129. The second kappa shape index (κ2) is 8.97.